The lowest BCUT2D eigenvalue weighted by Crippen LogP contribution is -2.24. The molecular formula is C19H20N4O3S2. The number of primary amides is 1. The van der Waals surface area contributed by atoms with Gasteiger partial charge in [0.25, 0.3) is 11.5 Å². The highest BCUT2D eigenvalue weighted by Crippen LogP contribution is 2.24. The number of thioether (sulfide) groups is 1. The van der Waals surface area contributed by atoms with Crippen molar-refractivity contribution in [3.63, 3.8) is 0 Å². The van der Waals surface area contributed by atoms with Gasteiger partial charge in [0.15, 0.2) is 5.16 Å². The smallest absolute Gasteiger partial charge is 0.262 e. The van der Waals surface area contributed by atoms with Crippen LogP contribution < -0.4 is 16.6 Å². The number of fused-ring (bicyclic) bond motifs is 1. The molecular weight excluding hydrogens is 396 g/mol. The molecule has 7 nitrogen and oxygen atoms in total. The first-order valence-electron chi connectivity index (χ1n) is 8.80. The topological polar surface area (TPSA) is 107 Å². The number of anilines is 1. The third kappa shape index (κ3) is 4.42. The van der Waals surface area contributed by atoms with Crippen molar-refractivity contribution in [1.29, 1.82) is 0 Å². The van der Waals surface area contributed by atoms with E-state index in [2.05, 4.69) is 17.2 Å². The summed E-state index contributed by atoms with van der Waals surface area (Å²) in [4.78, 5) is 41.1. The van der Waals surface area contributed by atoms with Crippen LogP contribution in [0.1, 0.15) is 30.1 Å². The van der Waals surface area contributed by atoms with Crippen LogP contribution in [0.4, 0.5) is 5.00 Å². The van der Waals surface area contributed by atoms with Gasteiger partial charge < -0.3 is 11.1 Å². The molecule has 0 atom stereocenters. The monoisotopic (exact) mass is 416 g/mol. The zero-order valence-corrected chi connectivity index (χ0v) is 16.9. The van der Waals surface area contributed by atoms with Crippen molar-refractivity contribution in [3.8, 4) is 0 Å². The summed E-state index contributed by atoms with van der Waals surface area (Å²) in [6.45, 7) is 2.60. The summed E-state index contributed by atoms with van der Waals surface area (Å²) in [5.41, 5.74) is 6.09. The third-order valence-corrected chi connectivity index (χ3v) is 5.88. The third-order valence-electron chi connectivity index (χ3n) is 4.08. The van der Waals surface area contributed by atoms with Crippen molar-refractivity contribution >= 4 is 50.8 Å². The Balaban J connectivity index is 1.81. The first-order valence-corrected chi connectivity index (χ1v) is 10.7. The predicted octanol–water partition coefficient (Wildman–Crippen LogP) is 3.09. The quantitative estimate of drug-likeness (QED) is 0.433. The average molecular weight is 417 g/mol. The van der Waals surface area contributed by atoms with E-state index in [1.165, 1.54) is 23.1 Å². The summed E-state index contributed by atoms with van der Waals surface area (Å²) in [7, 11) is 0. The van der Waals surface area contributed by atoms with E-state index in [4.69, 9.17) is 5.73 Å². The van der Waals surface area contributed by atoms with Gasteiger partial charge in [0.1, 0.15) is 5.00 Å². The molecule has 0 bridgehead atoms. The number of amides is 2. The maximum Gasteiger partial charge on any atom is 0.262 e. The number of carbonyl (C=O) groups is 2. The molecule has 0 spiro atoms. The van der Waals surface area contributed by atoms with Crippen LogP contribution >= 0.6 is 23.1 Å². The van der Waals surface area contributed by atoms with E-state index in [1.54, 1.807) is 28.1 Å². The van der Waals surface area contributed by atoms with Crippen LogP contribution in [-0.2, 0) is 11.3 Å². The highest BCUT2D eigenvalue weighted by molar-refractivity contribution is 7.99. The lowest BCUT2D eigenvalue weighted by atomic mass is 10.2. The van der Waals surface area contributed by atoms with Gasteiger partial charge in [-0.15, -0.1) is 11.3 Å². The minimum Gasteiger partial charge on any atom is -0.366 e. The molecule has 0 radical (unpaired) electrons. The van der Waals surface area contributed by atoms with Gasteiger partial charge in [-0.3, -0.25) is 19.0 Å². The SMILES string of the molecule is CCCCn1c(SCC(=O)Nc2sccc2C(N)=O)nc2ccccc2c1=O. The van der Waals surface area contributed by atoms with E-state index in [0.29, 0.717) is 27.6 Å². The highest BCUT2D eigenvalue weighted by Gasteiger charge is 2.15. The summed E-state index contributed by atoms with van der Waals surface area (Å²) in [6, 6.07) is 8.76. The average Bonchev–Trinajstić information content (AvgIpc) is 3.14. The number of hydrogen-bond donors (Lipinski definition) is 2. The fourth-order valence-electron chi connectivity index (χ4n) is 2.66. The molecule has 0 aliphatic rings. The molecule has 0 saturated carbocycles. The Hall–Kier alpha value is -2.65. The lowest BCUT2D eigenvalue weighted by Gasteiger charge is -2.12. The second kappa shape index (κ2) is 9.03. The van der Waals surface area contributed by atoms with E-state index in [0.717, 1.165) is 12.8 Å². The van der Waals surface area contributed by atoms with Crippen molar-refractivity contribution in [2.24, 2.45) is 5.73 Å². The Labute approximate surface area is 170 Å². The Morgan fingerprint density at radius 3 is 2.82 bits per heavy atom. The minimum atomic E-state index is -0.589. The fourth-order valence-corrected chi connectivity index (χ4v) is 4.30. The predicted molar refractivity (Wildman–Crippen MR) is 113 cm³/mol. The number of thiophene rings is 1. The van der Waals surface area contributed by atoms with Gasteiger partial charge in [-0.1, -0.05) is 37.2 Å². The minimum absolute atomic E-state index is 0.0625. The second-order valence-electron chi connectivity index (χ2n) is 6.09. The van der Waals surface area contributed by atoms with E-state index in [1.807, 2.05) is 12.1 Å². The van der Waals surface area contributed by atoms with E-state index >= 15 is 0 Å². The molecule has 3 rings (SSSR count). The van der Waals surface area contributed by atoms with Crippen LogP contribution in [-0.4, -0.2) is 27.1 Å². The van der Waals surface area contributed by atoms with Crippen molar-refractivity contribution in [1.82, 2.24) is 9.55 Å². The largest absolute Gasteiger partial charge is 0.366 e. The van der Waals surface area contributed by atoms with Crippen LogP contribution in [0.2, 0.25) is 0 Å². The van der Waals surface area contributed by atoms with Crippen LogP contribution in [0.3, 0.4) is 0 Å². The Morgan fingerprint density at radius 1 is 1.29 bits per heavy atom. The number of carbonyl (C=O) groups excluding carboxylic acids is 2. The molecule has 3 aromatic rings. The summed E-state index contributed by atoms with van der Waals surface area (Å²) in [6.07, 6.45) is 1.79. The van der Waals surface area contributed by atoms with Gasteiger partial charge in [0, 0.05) is 6.54 Å². The first-order chi connectivity index (χ1) is 13.5. The zero-order chi connectivity index (χ0) is 20.1. The molecule has 0 aliphatic carbocycles. The van der Waals surface area contributed by atoms with Gasteiger partial charge in [-0.25, -0.2) is 4.98 Å². The molecule has 146 valence electrons. The number of nitrogens with two attached hydrogens (primary N) is 1. The van der Waals surface area contributed by atoms with Crippen LogP contribution in [0.25, 0.3) is 10.9 Å². The van der Waals surface area contributed by atoms with Crippen LogP contribution in [0.5, 0.6) is 0 Å². The number of aromatic nitrogens is 2. The van der Waals surface area contributed by atoms with Gasteiger partial charge >= 0.3 is 0 Å². The maximum atomic E-state index is 12.8. The Morgan fingerprint density at radius 2 is 2.07 bits per heavy atom. The number of unbranched alkanes of at least 4 members (excludes halogenated alkanes) is 1. The molecule has 3 N–H and O–H groups in total. The second-order valence-corrected chi connectivity index (χ2v) is 7.94. The van der Waals surface area contributed by atoms with Gasteiger partial charge in [-0.2, -0.15) is 0 Å². The van der Waals surface area contributed by atoms with Gasteiger partial charge in [-0.05, 0) is 30.0 Å². The van der Waals surface area contributed by atoms with Crippen LogP contribution in [0, 0.1) is 0 Å². The summed E-state index contributed by atoms with van der Waals surface area (Å²) in [5, 5.41) is 5.89. The number of hydrogen-bond acceptors (Lipinski definition) is 6. The molecule has 0 unspecified atom stereocenters. The van der Waals surface area contributed by atoms with Crippen molar-refractivity contribution in [2.75, 3.05) is 11.1 Å². The summed E-state index contributed by atoms with van der Waals surface area (Å²) >= 11 is 2.43. The lowest BCUT2D eigenvalue weighted by molar-refractivity contribution is -0.113. The number of para-hydroxylation sites is 1. The summed E-state index contributed by atoms with van der Waals surface area (Å²) < 4.78 is 1.63. The molecule has 28 heavy (non-hydrogen) atoms. The normalized spacial score (nSPS) is 10.9. The van der Waals surface area contributed by atoms with Crippen molar-refractivity contribution in [2.45, 2.75) is 31.5 Å². The molecule has 2 heterocycles. The number of benzene rings is 1. The van der Waals surface area contributed by atoms with E-state index in [9.17, 15) is 14.4 Å². The number of rotatable bonds is 8. The van der Waals surface area contributed by atoms with Gasteiger partial charge in [0.2, 0.25) is 5.91 Å². The molecule has 2 aromatic heterocycles. The number of nitrogens with one attached hydrogen (secondary N) is 1. The van der Waals surface area contributed by atoms with Gasteiger partial charge in [0.05, 0.1) is 22.2 Å². The first kappa shape index (κ1) is 20.1. The molecule has 0 saturated heterocycles. The Bertz CT molecular complexity index is 1070. The molecule has 0 fully saturated rings. The zero-order valence-electron chi connectivity index (χ0n) is 15.3. The van der Waals surface area contributed by atoms with E-state index in [-0.39, 0.29) is 22.8 Å². The molecule has 0 aliphatic heterocycles. The molecule has 2 amide bonds. The van der Waals surface area contributed by atoms with Crippen molar-refractivity contribution < 1.29 is 9.59 Å². The molecule has 1 aromatic carbocycles. The maximum absolute atomic E-state index is 12.8. The van der Waals surface area contributed by atoms with Crippen molar-refractivity contribution in [3.05, 3.63) is 51.6 Å². The van der Waals surface area contributed by atoms with E-state index < -0.39 is 5.91 Å². The summed E-state index contributed by atoms with van der Waals surface area (Å²) in [5.74, 6) is -0.819. The molecule has 9 heteroatoms. The fraction of sp³-hybridized carbons (Fsp3) is 0.263. The van der Waals surface area contributed by atoms with Crippen LogP contribution in [0.15, 0.2) is 45.7 Å². The Kier molecular flexibility index (Phi) is 6.48. The standard InChI is InChI=1S/C19H20N4O3S2/c1-2-3-9-23-18(26)12-6-4-5-7-14(12)21-19(23)28-11-15(24)22-17-13(16(20)25)8-10-27-17/h4-8,10H,2-3,9,11H2,1H3,(H2,20,25)(H,22,24). The highest BCUT2D eigenvalue weighted by atomic mass is 32.2. The number of nitrogens with zero attached hydrogens (tertiary/aromatic N) is 2.